The Labute approximate surface area is 114 Å². The van der Waals surface area contributed by atoms with Crippen LogP contribution in [0.4, 0.5) is 5.69 Å². The standard InChI is InChI=1S/C13H13N5O2/c1-2-13-17-10-5-9(3-4-11(10)20-13)16-12(19)6-18-8-14-7-15-18/h3-5,7-8H,2,6H2,1H3,(H,16,19). The molecule has 20 heavy (non-hydrogen) atoms. The lowest BCUT2D eigenvalue weighted by molar-refractivity contribution is -0.116. The van der Waals surface area contributed by atoms with Crippen molar-refractivity contribution in [1.82, 2.24) is 19.7 Å². The molecule has 2 heterocycles. The van der Waals surface area contributed by atoms with Crippen LogP contribution in [-0.4, -0.2) is 25.7 Å². The summed E-state index contributed by atoms with van der Waals surface area (Å²) in [5.41, 5.74) is 2.13. The molecule has 0 aliphatic carbocycles. The number of fused-ring (bicyclic) bond motifs is 1. The largest absolute Gasteiger partial charge is 0.441 e. The summed E-state index contributed by atoms with van der Waals surface area (Å²) in [4.78, 5) is 19.9. The molecule has 3 aromatic rings. The Morgan fingerprint density at radius 3 is 3.10 bits per heavy atom. The molecule has 1 amide bonds. The average Bonchev–Trinajstić information content (AvgIpc) is 3.06. The molecule has 7 nitrogen and oxygen atoms in total. The predicted molar refractivity (Wildman–Crippen MR) is 72.0 cm³/mol. The highest BCUT2D eigenvalue weighted by Crippen LogP contribution is 2.20. The Hall–Kier alpha value is -2.70. The van der Waals surface area contributed by atoms with Crippen LogP contribution in [-0.2, 0) is 17.8 Å². The maximum Gasteiger partial charge on any atom is 0.246 e. The zero-order valence-electron chi connectivity index (χ0n) is 10.9. The third-order valence-electron chi connectivity index (χ3n) is 2.79. The molecule has 0 saturated carbocycles. The Morgan fingerprint density at radius 2 is 2.35 bits per heavy atom. The van der Waals surface area contributed by atoms with E-state index in [-0.39, 0.29) is 12.5 Å². The van der Waals surface area contributed by atoms with E-state index in [1.807, 2.05) is 6.92 Å². The number of oxazole rings is 1. The number of anilines is 1. The third kappa shape index (κ3) is 2.51. The second-order valence-corrected chi connectivity index (χ2v) is 4.28. The van der Waals surface area contributed by atoms with Crippen molar-refractivity contribution < 1.29 is 9.21 Å². The number of aryl methyl sites for hydroxylation is 1. The first-order valence-electron chi connectivity index (χ1n) is 6.26. The van der Waals surface area contributed by atoms with Crippen LogP contribution >= 0.6 is 0 Å². The van der Waals surface area contributed by atoms with Crippen molar-refractivity contribution in [3.8, 4) is 0 Å². The van der Waals surface area contributed by atoms with Crippen molar-refractivity contribution in [2.45, 2.75) is 19.9 Å². The smallest absolute Gasteiger partial charge is 0.246 e. The molecule has 0 bridgehead atoms. The fourth-order valence-electron chi connectivity index (χ4n) is 1.87. The molecule has 102 valence electrons. The molecule has 0 radical (unpaired) electrons. The van der Waals surface area contributed by atoms with Gasteiger partial charge in [-0.15, -0.1) is 0 Å². The van der Waals surface area contributed by atoms with Gasteiger partial charge < -0.3 is 9.73 Å². The highest BCUT2D eigenvalue weighted by molar-refractivity contribution is 5.92. The summed E-state index contributed by atoms with van der Waals surface area (Å²) in [6.07, 6.45) is 3.62. The first kappa shape index (κ1) is 12.3. The van der Waals surface area contributed by atoms with Crippen LogP contribution in [0.1, 0.15) is 12.8 Å². The van der Waals surface area contributed by atoms with Crippen LogP contribution in [0.25, 0.3) is 11.1 Å². The Bertz CT molecular complexity index is 732. The summed E-state index contributed by atoms with van der Waals surface area (Å²) >= 11 is 0. The molecule has 0 unspecified atom stereocenters. The van der Waals surface area contributed by atoms with Gasteiger partial charge in [0.2, 0.25) is 5.91 Å². The van der Waals surface area contributed by atoms with E-state index in [2.05, 4.69) is 20.4 Å². The van der Waals surface area contributed by atoms with Gasteiger partial charge in [-0.2, -0.15) is 5.10 Å². The van der Waals surface area contributed by atoms with Crippen molar-refractivity contribution in [1.29, 1.82) is 0 Å². The molecule has 0 spiro atoms. The lowest BCUT2D eigenvalue weighted by Crippen LogP contribution is -2.18. The summed E-state index contributed by atoms with van der Waals surface area (Å²) in [5, 5.41) is 6.67. The molecular weight excluding hydrogens is 258 g/mol. The van der Waals surface area contributed by atoms with Crippen molar-refractivity contribution in [2.24, 2.45) is 0 Å². The fourth-order valence-corrected chi connectivity index (χ4v) is 1.87. The van der Waals surface area contributed by atoms with E-state index in [4.69, 9.17) is 4.42 Å². The summed E-state index contributed by atoms with van der Waals surface area (Å²) in [7, 11) is 0. The average molecular weight is 271 g/mol. The highest BCUT2D eigenvalue weighted by atomic mass is 16.3. The molecule has 7 heteroatoms. The zero-order valence-corrected chi connectivity index (χ0v) is 10.9. The van der Waals surface area contributed by atoms with Gasteiger partial charge in [0.25, 0.3) is 0 Å². The Morgan fingerprint density at radius 1 is 1.45 bits per heavy atom. The number of nitrogens with one attached hydrogen (secondary N) is 1. The first-order chi connectivity index (χ1) is 9.74. The van der Waals surface area contributed by atoms with E-state index in [1.54, 1.807) is 18.2 Å². The maximum absolute atomic E-state index is 11.8. The van der Waals surface area contributed by atoms with Gasteiger partial charge in [-0.1, -0.05) is 6.92 Å². The quantitative estimate of drug-likeness (QED) is 0.779. The summed E-state index contributed by atoms with van der Waals surface area (Å²) in [6, 6.07) is 5.37. The third-order valence-corrected chi connectivity index (χ3v) is 2.79. The van der Waals surface area contributed by atoms with Gasteiger partial charge in [0.05, 0.1) is 0 Å². The van der Waals surface area contributed by atoms with Crippen molar-refractivity contribution in [3.05, 3.63) is 36.7 Å². The molecule has 1 N–H and O–H groups in total. The van der Waals surface area contributed by atoms with Gasteiger partial charge in [0.15, 0.2) is 11.5 Å². The number of amides is 1. The topological polar surface area (TPSA) is 85.8 Å². The first-order valence-corrected chi connectivity index (χ1v) is 6.26. The minimum atomic E-state index is -0.172. The van der Waals surface area contributed by atoms with E-state index < -0.39 is 0 Å². The number of aromatic nitrogens is 4. The van der Waals surface area contributed by atoms with Crippen LogP contribution in [0.2, 0.25) is 0 Å². The van der Waals surface area contributed by atoms with E-state index in [9.17, 15) is 4.79 Å². The summed E-state index contributed by atoms with van der Waals surface area (Å²) < 4.78 is 6.97. The number of carbonyl (C=O) groups is 1. The van der Waals surface area contributed by atoms with Crippen LogP contribution in [0.3, 0.4) is 0 Å². The minimum absolute atomic E-state index is 0.122. The van der Waals surface area contributed by atoms with Gasteiger partial charge in [0, 0.05) is 12.1 Å². The predicted octanol–water partition coefficient (Wildman–Crippen LogP) is 1.62. The Balaban J connectivity index is 1.75. The summed E-state index contributed by atoms with van der Waals surface area (Å²) in [6.45, 7) is 2.10. The lowest BCUT2D eigenvalue weighted by Gasteiger charge is -2.04. The summed E-state index contributed by atoms with van der Waals surface area (Å²) in [5.74, 6) is 0.514. The number of nitrogens with zero attached hydrogens (tertiary/aromatic N) is 4. The molecule has 3 rings (SSSR count). The maximum atomic E-state index is 11.8. The molecule has 0 aliphatic rings. The highest BCUT2D eigenvalue weighted by Gasteiger charge is 2.08. The SMILES string of the molecule is CCc1nc2cc(NC(=O)Cn3cncn3)ccc2o1. The fraction of sp³-hybridized carbons (Fsp3) is 0.231. The second kappa shape index (κ2) is 5.12. The molecule has 0 saturated heterocycles. The van der Waals surface area contributed by atoms with Gasteiger partial charge >= 0.3 is 0 Å². The molecule has 0 atom stereocenters. The molecule has 0 aliphatic heterocycles. The van der Waals surface area contributed by atoms with E-state index in [0.717, 1.165) is 17.5 Å². The van der Waals surface area contributed by atoms with Crippen LogP contribution in [0.5, 0.6) is 0 Å². The monoisotopic (exact) mass is 271 g/mol. The van der Waals surface area contributed by atoms with E-state index in [0.29, 0.717) is 11.6 Å². The van der Waals surface area contributed by atoms with Crippen molar-refractivity contribution >= 4 is 22.7 Å². The number of rotatable bonds is 4. The number of carbonyl (C=O) groups excluding carboxylic acids is 1. The normalized spacial score (nSPS) is 10.8. The van der Waals surface area contributed by atoms with Gasteiger partial charge in [-0.3, -0.25) is 4.79 Å². The molecule has 2 aromatic heterocycles. The lowest BCUT2D eigenvalue weighted by atomic mass is 10.3. The van der Waals surface area contributed by atoms with Crippen LogP contribution < -0.4 is 5.32 Å². The van der Waals surface area contributed by atoms with Crippen molar-refractivity contribution in [2.75, 3.05) is 5.32 Å². The number of hydrogen-bond donors (Lipinski definition) is 1. The van der Waals surface area contributed by atoms with Gasteiger partial charge in [0.1, 0.15) is 24.7 Å². The number of hydrogen-bond acceptors (Lipinski definition) is 5. The number of benzene rings is 1. The van der Waals surface area contributed by atoms with Crippen LogP contribution in [0, 0.1) is 0 Å². The Kier molecular flexibility index (Phi) is 3.16. The molecule has 0 fully saturated rings. The van der Waals surface area contributed by atoms with E-state index in [1.165, 1.54) is 17.3 Å². The second-order valence-electron chi connectivity index (χ2n) is 4.28. The molecule has 1 aromatic carbocycles. The minimum Gasteiger partial charge on any atom is -0.441 e. The molecular formula is C13H13N5O2. The van der Waals surface area contributed by atoms with Gasteiger partial charge in [-0.05, 0) is 18.2 Å². The van der Waals surface area contributed by atoms with Crippen molar-refractivity contribution in [3.63, 3.8) is 0 Å². The zero-order chi connectivity index (χ0) is 13.9. The van der Waals surface area contributed by atoms with Crippen LogP contribution in [0.15, 0.2) is 35.3 Å². The van der Waals surface area contributed by atoms with Gasteiger partial charge in [-0.25, -0.2) is 14.6 Å². The van der Waals surface area contributed by atoms with E-state index >= 15 is 0 Å².